The molecule has 1 aliphatic carbocycles. The molecule has 0 heterocycles. The predicted octanol–water partition coefficient (Wildman–Crippen LogP) is 14.5. The first kappa shape index (κ1) is 46.8. The maximum Gasteiger partial charge on any atom is 0.343 e. The third-order valence-corrected chi connectivity index (χ3v) is 10.5. The molecule has 0 saturated carbocycles. The maximum absolute atomic E-state index is 14.7. The summed E-state index contributed by atoms with van der Waals surface area (Å²) in [5.74, 6) is -0.728. The highest BCUT2D eigenvalue weighted by molar-refractivity contribution is 6.32. The number of benzene rings is 4. The molecule has 1 unspecified atom stereocenters. The number of unbranched alkanes of at least 4 members (excludes halogenated alkanes) is 10. The van der Waals surface area contributed by atoms with Gasteiger partial charge in [0.1, 0.15) is 29.2 Å². The first-order chi connectivity index (χ1) is 29.7. The average molecular weight is 870 g/mol. The second-order valence-corrected chi connectivity index (χ2v) is 15.7. The van der Waals surface area contributed by atoms with Crippen LogP contribution in [-0.2, 0) is 9.47 Å². The van der Waals surface area contributed by atoms with Crippen LogP contribution >= 0.6 is 23.2 Å². The van der Waals surface area contributed by atoms with Crippen LogP contribution in [-0.4, -0.2) is 43.7 Å². The van der Waals surface area contributed by atoms with Gasteiger partial charge in [0.25, 0.3) is 0 Å². The molecule has 5 rings (SSSR count). The molecule has 0 aromatic heterocycles. The lowest BCUT2D eigenvalue weighted by Crippen LogP contribution is -2.20. The lowest BCUT2D eigenvalue weighted by molar-refractivity contribution is 0.0373. The minimum atomic E-state index is -0.975. The Kier molecular flexibility index (Phi) is 19.6. The Balaban J connectivity index is 1.07. The number of esters is 2. The fraction of sp³-hybridized carbons (Fsp3) is 0.360. The van der Waals surface area contributed by atoms with Crippen LogP contribution in [0.5, 0.6) is 11.5 Å². The summed E-state index contributed by atoms with van der Waals surface area (Å²) in [6, 6.07) is 24.0. The Morgan fingerprint density at radius 1 is 0.639 bits per heavy atom. The fourth-order valence-electron chi connectivity index (χ4n) is 6.42. The van der Waals surface area contributed by atoms with Crippen LogP contribution in [0.4, 0.5) is 15.8 Å². The van der Waals surface area contributed by atoms with Crippen molar-refractivity contribution < 1.29 is 32.9 Å². The molecule has 322 valence electrons. The van der Waals surface area contributed by atoms with Crippen molar-refractivity contribution in [1.82, 2.24) is 0 Å². The van der Waals surface area contributed by atoms with Crippen LogP contribution in [0, 0.1) is 0 Å². The van der Waals surface area contributed by atoms with E-state index in [1.54, 1.807) is 73.1 Å². The van der Waals surface area contributed by atoms with Crippen molar-refractivity contribution in [1.29, 1.82) is 0 Å². The predicted molar refractivity (Wildman–Crippen MR) is 245 cm³/mol. The van der Waals surface area contributed by atoms with E-state index in [9.17, 15) is 14.0 Å². The van der Waals surface area contributed by atoms with Crippen LogP contribution in [0.3, 0.4) is 0 Å². The number of hydrogen-bond acceptors (Lipinski definition) is 8. The molecule has 0 fully saturated rings. The Morgan fingerprint density at radius 3 is 1.57 bits per heavy atom. The zero-order valence-electron chi connectivity index (χ0n) is 35.1. The average Bonchev–Trinajstić information content (AvgIpc) is 3.25. The minimum absolute atomic E-state index is 0.0578. The molecule has 0 N–H and O–H groups in total. The molecule has 11 heteroatoms. The molecule has 61 heavy (non-hydrogen) atoms. The first-order valence-corrected chi connectivity index (χ1v) is 22.1. The lowest BCUT2D eigenvalue weighted by Gasteiger charge is -2.18. The van der Waals surface area contributed by atoms with Crippen LogP contribution in [0.25, 0.3) is 0 Å². The number of allylic oxidation sites excluding steroid dienone is 1. The van der Waals surface area contributed by atoms with Gasteiger partial charge in [0.05, 0.1) is 45.8 Å². The quantitative estimate of drug-likeness (QED) is 0.0395. The summed E-state index contributed by atoms with van der Waals surface area (Å²) >= 11 is 12.9. The molecule has 0 aliphatic heterocycles. The number of halogens is 3. The number of rotatable bonds is 24. The van der Waals surface area contributed by atoms with E-state index in [0.29, 0.717) is 46.1 Å². The molecule has 0 amide bonds. The Hall–Kier alpha value is -5.25. The highest BCUT2D eigenvalue weighted by Gasteiger charge is 2.23. The molecule has 1 atom stereocenters. The first-order valence-electron chi connectivity index (χ1n) is 21.3. The molecule has 4 aromatic carbocycles. The van der Waals surface area contributed by atoms with Crippen LogP contribution in [0.1, 0.15) is 129 Å². The summed E-state index contributed by atoms with van der Waals surface area (Å²) in [6.07, 6.45) is 18.9. The molecular weight excluding hydrogens is 814 g/mol. The summed E-state index contributed by atoms with van der Waals surface area (Å²) in [5, 5.41) is 0.979. The van der Waals surface area contributed by atoms with Crippen molar-refractivity contribution in [2.45, 2.75) is 103 Å². The molecule has 0 spiro atoms. The molecule has 4 aromatic rings. The minimum Gasteiger partial charge on any atom is -0.492 e. The fourth-order valence-corrected chi connectivity index (χ4v) is 6.88. The lowest BCUT2D eigenvalue weighted by atomic mass is 10.1. The maximum atomic E-state index is 14.7. The van der Waals surface area contributed by atoms with Gasteiger partial charge in [-0.25, -0.2) is 14.0 Å². The highest BCUT2D eigenvalue weighted by atomic mass is 35.5. The zero-order valence-corrected chi connectivity index (χ0v) is 36.6. The van der Waals surface area contributed by atoms with Crippen LogP contribution < -0.4 is 9.47 Å². The number of ether oxygens (including phenoxy) is 4. The summed E-state index contributed by atoms with van der Waals surface area (Å²) in [5.41, 5.74) is 3.32. The van der Waals surface area contributed by atoms with Gasteiger partial charge in [-0.05, 0) is 90.7 Å². The van der Waals surface area contributed by atoms with E-state index in [1.807, 2.05) is 24.3 Å². The third-order valence-electron chi connectivity index (χ3n) is 9.87. The number of aliphatic imine (C=N–C) groups is 2. The van der Waals surface area contributed by atoms with Gasteiger partial charge in [-0.15, -0.1) is 0 Å². The molecular formula is C50H55Cl2FN2O6. The second-order valence-electron chi connectivity index (χ2n) is 14.9. The van der Waals surface area contributed by atoms with Gasteiger partial charge >= 0.3 is 11.9 Å². The van der Waals surface area contributed by atoms with E-state index in [2.05, 4.69) is 23.8 Å². The zero-order chi connectivity index (χ0) is 43.2. The molecule has 0 bridgehead atoms. The van der Waals surface area contributed by atoms with Crippen molar-refractivity contribution in [3.63, 3.8) is 0 Å². The highest BCUT2D eigenvalue weighted by Crippen LogP contribution is 2.31. The Morgan fingerprint density at radius 2 is 1.10 bits per heavy atom. The second kappa shape index (κ2) is 25.5. The van der Waals surface area contributed by atoms with Crippen molar-refractivity contribution >= 4 is 58.9 Å². The topological polar surface area (TPSA) is 95.8 Å². The Bertz CT molecular complexity index is 2150. The monoisotopic (exact) mass is 868 g/mol. The SMILES string of the molecule is CCCCCCCCOc1ccc(N=Cc2ccc(C(=O)OC3=CC(OC(=O)c4ccc(C=Nc5ccc(OCCCCCCCC)c(Cl)c5)cc4)CC(F)=C3)cc2)cc1Cl. The smallest absolute Gasteiger partial charge is 0.343 e. The third kappa shape index (κ3) is 16.3. The van der Waals surface area contributed by atoms with E-state index < -0.39 is 23.9 Å². The van der Waals surface area contributed by atoms with Gasteiger partial charge in [-0.1, -0.05) is 126 Å². The molecule has 1 aliphatic rings. The van der Waals surface area contributed by atoms with Crippen LogP contribution in [0.15, 0.2) is 119 Å². The molecule has 8 nitrogen and oxygen atoms in total. The normalized spacial score (nSPS) is 13.9. The van der Waals surface area contributed by atoms with E-state index in [4.69, 9.17) is 42.1 Å². The number of carbonyl (C=O) groups is 2. The van der Waals surface area contributed by atoms with Gasteiger partial charge < -0.3 is 18.9 Å². The van der Waals surface area contributed by atoms with E-state index >= 15 is 0 Å². The summed E-state index contributed by atoms with van der Waals surface area (Å²) in [7, 11) is 0. The van der Waals surface area contributed by atoms with Crippen molar-refractivity contribution in [3.05, 3.63) is 141 Å². The van der Waals surface area contributed by atoms with E-state index in [0.717, 1.165) is 42.9 Å². The van der Waals surface area contributed by atoms with Gasteiger partial charge in [0.15, 0.2) is 0 Å². The van der Waals surface area contributed by atoms with Gasteiger partial charge in [-0.2, -0.15) is 0 Å². The number of nitrogens with zero attached hydrogens (tertiary/aromatic N) is 2. The van der Waals surface area contributed by atoms with Crippen LogP contribution in [0.2, 0.25) is 10.0 Å². The van der Waals surface area contributed by atoms with Crippen molar-refractivity contribution in [2.24, 2.45) is 9.98 Å². The number of carbonyl (C=O) groups excluding carboxylic acids is 2. The molecule has 0 radical (unpaired) electrons. The van der Waals surface area contributed by atoms with E-state index in [1.165, 1.54) is 57.4 Å². The molecule has 0 saturated heterocycles. The van der Waals surface area contributed by atoms with E-state index in [-0.39, 0.29) is 23.3 Å². The Labute approximate surface area is 369 Å². The summed E-state index contributed by atoms with van der Waals surface area (Å²) in [6.45, 7) is 5.66. The summed E-state index contributed by atoms with van der Waals surface area (Å²) < 4.78 is 37.4. The standard InChI is InChI=1S/C50H55Cl2FN2O6/c1-3-5-7-9-11-13-27-58-47-25-23-41(31-45(47)51)54-34-36-15-19-38(20-16-36)49(56)60-43-29-40(53)30-44(33-43)61-50(57)39-21-17-37(18-22-39)35-55-42-24-26-48(46(52)32-42)59-28-14-12-10-8-6-4-2/h15-26,29,31-35,44H,3-14,27-28,30H2,1-2H3. The van der Waals surface area contributed by atoms with Gasteiger partial charge in [0.2, 0.25) is 0 Å². The number of hydrogen-bond donors (Lipinski definition) is 0. The summed E-state index contributed by atoms with van der Waals surface area (Å²) in [4.78, 5) is 35.0. The van der Waals surface area contributed by atoms with Gasteiger partial charge in [0, 0.05) is 24.9 Å². The van der Waals surface area contributed by atoms with Gasteiger partial charge in [-0.3, -0.25) is 9.98 Å². The largest absolute Gasteiger partial charge is 0.492 e. The van der Waals surface area contributed by atoms with Crippen molar-refractivity contribution in [3.8, 4) is 11.5 Å². The van der Waals surface area contributed by atoms with Crippen molar-refractivity contribution in [2.75, 3.05) is 13.2 Å².